The van der Waals surface area contributed by atoms with Crippen molar-refractivity contribution in [2.75, 3.05) is 17.3 Å². The Morgan fingerprint density at radius 1 is 1.62 bits per heavy atom. The van der Waals surface area contributed by atoms with Crippen molar-refractivity contribution >= 4 is 29.5 Å². The SMILES string of the molecule is O=C(O)[C@@H]1CSC2(CCCSC2)N1. The van der Waals surface area contributed by atoms with Gasteiger partial charge < -0.3 is 5.11 Å². The van der Waals surface area contributed by atoms with E-state index in [9.17, 15) is 4.79 Å². The van der Waals surface area contributed by atoms with Gasteiger partial charge in [-0.2, -0.15) is 11.8 Å². The van der Waals surface area contributed by atoms with Crippen LogP contribution >= 0.6 is 23.5 Å². The number of hydrogen-bond donors (Lipinski definition) is 2. The van der Waals surface area contributed by atoms with Crippen molar-refractivity contribution in [3.8, 4) is 0 Å². The van der Waals surface area contributed by atoms with Gasteiger partial charge in [-0.05, 0) is 18.6 Å². The number of nitrogens with one attached hydrogen (secondary N) is 1. The molecule has 0 aliphatic carbocycles. The lowest BCUT2D eigenvalue weighted by Gasteiger charge is -2.32. The zero-order chi connectivity index (χ0) is 9.31. The van der Waals surface area contributed by atoms with Crippen molar-refractivity contribution in [2.24, 2.45) is 0 Å². The lowest BCUT2D eigenvalue weighted by Crippen LogP contribution is -2.48. The van der Waals surface area contributed by atoms with Gasteiger partial charge in [0, 0.05) is 11.5 Å². The summed E-state index contributed by atoms with van der Waals surface area (Å²) in [6, 6.07) is -0.330. The number of aliphatic carboxylic acids is 1. The van der Waals surface area contributed by atoms with Gasteiger partial charge in [0.25, 0.3) is 0 Å². The van der Waals surface area contributed by atoms with Gasteiger partial charge in [-0.3, -0.25) is 10.1 Å². The Hall–Kier alpha value is 0.130. The minimum atomic E-state index is -0.708. The molecule has 1 unspecified atom stereocenters. The average Bonchev–Trinajstić information content (AvgIpc) is 2.51. The molecule has 0 amide bonds. The molecule has 2 aliphatic rings. The van der Waals surface area contributed by atoms with Crippen molar-refractivity contribution in [3.05, 3.63) is 0 Å². The van der Waals surface area contributed by atoms with E-state index < -0.39 is 5.97 Å². The van der Waals surface area contributed by atoms with E-state index in [1.54, 1.807) is 11.8 Å². The molecule has 1 spiro atoms. The van der Waals surface area contributed by atoms with E-state index in [4.69, 9.17) is 5.11 Å². The van der Waals surface area contributed by atoms with Crippen LogP contribution in [0.5, 0.6) is 0 Å². The molecule has 2 rings (SSSR count). The highest BCUT2D eigenvalue weighted by atomic mass is 32.2. The number of rotatable bonds is 1. The van der Waals surface area contributed by atoms with Crippen molar-refractivity contribution < 1.29 is 9.90 Å². The van der Waals surface area contributed by atoms with Gasteiger partial charge in [-0.25, -0.2) is 0 Å². The lowest BCUT2D eigenvalue weighted by molar-refractivity contribution is -0.138. The first-order valence-electron chi connectivity index (χ1n) is 4.44. The fourth-order valence-corrected chi connectivity index (χ4v) is 4.63. The van der Waals surface area contributed by atoms with Crippen LogP contribution in [0.1, 0.15) is 12.8 Å². The van der Waals surface area contributed by atoms with E-state index in [1.807, 2.05) is 11.8 Å². The van der Waals surface area contributed by atoms with Gasteiger partial charge in [0.15, 0.2) is 0 Å². The van der Waals surface area contributed by atoms with E-state index >= 15 is 0 Å². The van der Waals surface area contributed by atoms with Crippen molar-refractivity contribution in [2.45, 2.75) is 23.8 Å². The predicted octanol–water partition coefficient (Wildman–Crippen LogP) is 0.999. The molecule has 2 atom stereocenters. The molecule has 0 aromatic rings. The number of hydrogen-bond acceptors (Lipinski definition) is 4. The van der Waals surface area contributed by atoms with E-state index in [2.05, 4.69) is 5.32 Å². The average molecular weight is 219 g/mol. The number of carbonyl (C=O) groups is 1. The summed E-state index contributed by atoms with van der Waals surface area (Å²) in [5, 5.41) is 12.1. The van der Waals surface area contributed by atoms with E-state index in [-0.39, 0.29) is 10.9 Å². The third-order valence-corrected chi connectivity index (χ3v) is 5.44. The molecule has 2 N–H and O–H groups in total. The first kappa shape index (κ1) is 9.68. The highest BCUT2D eigenvalue weighted by molar-refractivity contribution is 8.04. The second-order valence-corrected chi connectivity index (χ2v) is 6.01. The quantitative estimate of drug-likeness (QED) is 0.689. The lowest BCUT2D eigenvalue weighted by atomic mass is 10.1. The number of thioether (sulfide) groups is 2. The summed E-state index contributed by atoms with van der Waals surface area (Å²) in [7, 11) is 0. The van der Waals surface area contributed by atoms with Crippen LogP contribution in [0.2, 0.25) is 0 Å². The van der Waals surface area contributed by atoms with Crippen LogP contribution in [0, 0.1) is 0 Å². The first-order valence-corrected chi connectivity index (χ1v) is 6.58. The van der Waals surface area contributed by atoms with Crippen molar-refractivity contribution in [1.29, 1.82) is 0 Å². The number of carboxylic acids is 1. The van der Waals surface area contributed by atoms with E-state index in [0.29, 0.717) is 0 Å². The topological polar surface area (TPSA) is 49.3 Å². The molecule has 2 fully saturated rings. The molecule has 5 heteroatoms. The maximum atomic E-state index is 10.7. The predicted molar refractivity (Wildman–Crippen MR) is 56.3 cm³/mol. The Morgan fingerprint density at radius 3 is 3.00 bits per heavy atom. The molecule has 2 aliphatic heterocycles. The smallest absolute Gasteiger partial charge is 0.321 e. The maximum absolute atomic E-state index is 10.7. The standard InChI is InChI=1S/C8H13NO2S2/c10-7(11)6-4-13-8(9-6)2-1-3-12-5-8/h6,9H,1-5H2,(H,10,11)/t6-,8?/m0/s1. The minimum absolute atomic E-state index is 0.0754. The third-order valence-electron chi connectivity index (χ3n) is 2.47. The van der Waals surface area contributed by atoms with Crippen molar-refractivity contribution in [3.63, 3.8) is 0 Å². The monoisotopic (exact) mass is 219 g/mol. The molecule has 0 aromatic heterocycles. The summed E-state index contributed by atoms with van der Waals surface area (Å²) < 4.78 is 0. The zero-order valence-electron chi connectivity index (χ0n) is 7.28. The van der Waals surface area contributed by atoms with Gasteiger partial charge in [0.2, 0.25) is 0 Å². The molecule has 74 valence electrons. The highest BCUT2D eigenvalue weighted by Crippen LogP contribution is 2.40. The highest BCUT2D eigenvalue weighted by Gasteiger charge is 2.42. The third kappa shape index (κ3) is 1.97. The fourth-order valence-electron chi connectivity index (χ4n) is 1.77. The summed E-state index contributed by atoms with van der Waals surface area (Å²) in [6.07, 6.45) is 2.32. The van der Waals surface area contributed by atoms with Gasteiger partial charge in [-0.1, -0.05) is 0 Å². The van der Waals surface area contributed by atoms with Gasteiger partial charge in [0.1, 0.15) is 6.04 Å². The van der Waals surface area contributed by atoms with Crippen LogP contribution in [0.3, 0.4) is 0 Å². The normalized spacial score (nSPS) is 39.5. The van der Waals surface area contributed by atoms with Crippen LogP contribution in [0.25, 0.3) is 0 Å². The van der Waals surface area contributed by atoms with Crippen LogP contribution in [0.15, 0.2) is 0 Å². The van der Waals surface area contributed by atoms with E-state index in [1.165, 1.54) is 12.2 Å². The maximum Gasteiger partial charge on any atom is 0.321 e. The van der Waals surface area contributed by atoms with Crippen molar-refractivity contribution in [1.82, 2.24) is 5.32 Å². The Bertz CT molecular complexity index is 216. The molecule has 0 bridgehead atoms. The van der Waals surface area contributed by atoms with Gasteiger partial charge >= 0.3 is 5.97 Å². The zero-order valence-corrected chi connectivity index (χ0v) is 8.92. The second-order valence-electron chi connectivity index (χ2n) is 3.50. The van der Waals surface area contributed by atoms with Crippen LogP contribution < -0.4 is 5.32 Å². The fraction of sp³-hybridized carbons (Fsp3) is 0.875. The molecule has 3 nitrogen and oxygen atoms in total. The summed E-state index contributed by atoms with van der Waals surface area (Å²) in [5.41, 5.74) is 0. The Balaban J connectivity index is 1.98. The summed E-state index contributed by atoms with van der Waals surface area (Å²) in [5.74, 6) is 2.29. The second kappa shape index (κ2) is 3.71. The van der Waals surface area contributed by atoms with Crippen LogP contribution in [-0.4, -0.2) is 39.2 Å². The molecule has 2 saturated heterocycles. The summed E-state index contributed by atoms with van der Waals surface area (Å²) in [4.78, 5) is 10.8. The molecular formula is C8H13NO2S2. The first-order chi connectivity index (χ1) is 6.22. The Kier molecular flexibility index (Phi) is 2.76. The largest absolute Gasteiger partial charge is 0.480 e. The summed E-state index contributed by atoms with van der Waals surface area (Å²) in [6.45, 7) is 0. The summed E-state index contributed by atoms with van der Waals surface area (Å²) >= 11 is 3.72. The van der Waals surface area contributed by atoms with Gasteiger partial charge in [0.05, 0.1) is 4.87 Å². The van der Waals surface area contributed by atoms with E-state index in [0.717, 1.165) is 17.9 Å². The molecular weight excluding hydrogens is 206 g/mol. The molecule has 2 heterocycles. The van der Waals surface area contributed by atoms with Gasteiger partial charge in [-0.15, -0.1) is 11.8 Å². The number of carboxylic acid groups (broad SMARTS) is 1. The molecule has 13 heavy (non-hydrogen) atoms. The molecule has 0 radical (unpaired) electrons. The van der Waals surface area contributed by atoms with Crippen LogP contribution in [-0.2, 0) is 4.79 Å². The Labute approximate surface area is 86.0 Å². The minimum Gasteiger partial charge on any atom is -0.480 e. The molecule has 0 aromatic carbocycles. The Morgan fingerprint density at radius 2 is 2.46 bits per heavy atom. The molecule has 0 saturated carbocycles. The van der Waals surface area contributed by atoms with Crippen LogP contribution in [0.4, 0.5) is 0 Å².